The molecule has 0 fully saturated rings. The maximum absolute atomic E-state index is 12.2. The van der Waals surface area contributed by atoms with Gasteiger partial charge >= 0.3 is 0 Å². The molecule has 0 saturated carbocycles. The van der Waals surface area contributed by atoms with Gasteiger partial charge in [0.05, 0.1) is 6.54 Å². The van der Waals surface area contributed by atoms with E-state index in [4.69, 9.17) is 0 Å². The summed E-state index contributed by atoms with van der Waals surface area (Å²) in [7, 11) is -3.56. The molecule has 3 rings (SSSR count). The van der Waals surface area contributed by atoms with Crippen molar-refractivity contribution in [3.63, 3.8) is 0 Å². The number of nitrogens with one attached hydrogen (secondary N) is 4. The highest BCUT2D eigenvalue weighted by Crippen LogP contribution is 2.17. The first-order valence-electron chi connectivity index (χ1n) is 9.57. The third kappa shape index (κ3) is 5.78. The Morgan fingerprint density at radius 3 is 2.79 bits per heavy atom. The fourth-order valence-corrected chi connectivity index (χ4v) is 3.92. The highest BCUT2D eigenvalue weighted by atomic mass is 32.2. The van der Waals surface area contributed by atoms with Crippen LogP contribution in [-0.4, -0.2) is 50.5 Å². The predicted molar refractivity (Wildman–Crippen MR) is 115 cm³/mol. The van der Waals surface area contributed by atoms with Gasteiger partial charge in [-0.1, -0.05) is 18.2 Å². The summed E-state index contributed by atoms with van der Waals surface area (Å²) in [4.78, 5) is 11.7. The van der Waals surface area contributed by atoms with E-state index in [0.29, 0.717) is 12.5 Å². The Hall–Kier alpha value is -2.91. The minimum Gasteiger partial charge on any atom is -0.361 e. The molecule has 154 valence electrons. The summed E-state index contributed by atoms with van der Waals surface area (Å²) in [5, 5.41) is 7.69. The van der Waals surface area contributed by atoms with Crippen molar-refractivity contribution in [2.75, 3.05) is 26.2 Å². The molecule has 0 unspecified atom stereocenters. The van der Waals surface area contributed by atoms with Crippen LogP contribution in [0.2, 0.25) is 0 Å². The second-order valence-corrected chi connectivity index (χ2v) is 8.15. The monoisotopic (exact) mass is 414 g/mol. The van der Waals surface area contributed by atoms with Gasteiger partial charge < -0.3 is 15.6 Å². The van der Waals surface area contributed by atoms with Gasteiger partial charge in [0, 0.05) is 49.1 Å². The van der Waals surface area contributed by atoms with Gasteiger partial charge in [0.2, 0.25) is 10.0 Å². The average molecular weight is 415 g/mol. The normalized spacial score (nSPS) is 12.2. The molecule has 4 N–H and O–H groups in total. The van der Waals surface area contributed by atoms with Crippen LogP contribution in [0.3, 0.4) is 0 Å². The van der Waals surface area contributed by atoms with Crippen molar-refractivity contribution < 1.29 is 8.42 Å². The van der Waals surface area contributed by atoms with Gasteiger partial charge in [0.25, 0.3) is 0 Å². The van der Waals surface area contributed by atoms with Crippen LogP contribution in [0.5, 0.6) is 0 Å². The van der Waals surface area contributed by atoms with E-state index in [-0.39, 0.29) is 11.4 Å². The summed E-state index contributed by atoms with van der Waals surface area (Å²) >= 11 is 0. The number of benzene rings is 1. The Bertz CT molecular complexity index is 1050. The summed E-state index contributed by atoms with van der Waals surface area (Å²) in [6, 6.07) is 11.3. The van der Waals surface area contributed by atoms with Crippen molar-refractivity contribution >= 4 is 26.9 Å². The molecule has 0 aliphatic heterocycles. The molecule has 9 heteroatoms. The molecular formula is C20H26N6O2S. The van der Waals surface area contributed by atoms with Gasteiger partial charge in [-0.3, -0.25) is 9.98 Å². The van der Waals surface area contributed by atoms with E-state index in [1.807, 2.05) is 25.3 Å². The Kier molecular flexibility index (Phi) is 7.20. The molecule has 0 radical (unpaired) electrons. The number of nitrogens with zero attached hydrogens (tertiary/aromatic N) is 2. The lowest BCUT2D eigenvalue weighted by atomic mass is 10.1. The number of aromatic nitrogens is 2. The Morgan fingerprint density at radius 1 is 1.14 bits per heavy atom. The largest absolute Gasteiger partial charge is 0.361 e. The number of aromatic amines is 1. The third-order valence-corrected chi connectivity index (χ3v) is 5.77. The Balaban J connectivity index is 1.49. The van der Waals surface area contributed by atoms with Crippen molar-refractivity contribution in [1.29, 1.82) is 0 Å². The van der Waals surface area contributed by atoms with Crippen LogP contribution in [0.25, 0.3) is 10.9 Å². The molecule has 3 aromatic rings. The van der Waals surface area contributed by atoms with Crippen molar-refractivity contribution in [2.24, 2.45) is 4.99 Å². The van der Waals surface area contributed by atoms with Crippen LogP contribution in [0.15, 0.2) is 64.9 Å². The fraction of sp³-hybridized carbons (Fsp3) is 0.300. The quantitative estimate of drug-likeness (QED) is 0.242. The first-order valence-corrected chi connectivity index (χ1v) is 11.1. The molecule has 8 nitrogen and oxygen atoms in total. The molecule has 0 bridgehead atoms. The maximum Gasteiger partial charge on any atom is 0.242 e. The number of pyridine rings is 1. The van der Waals surface area contributed by atoms with Gasteiger partial charge in [-0.05, 0) is 37.1 Å². The molecule has 0 aliphatic carbocycles. The zero-order chi connectivity index (χ0) is 20.5. The van der Waals surface area contributed by atoms with E-state index >= 15 is 0 Å². The van der Waals surface area contributed by atoms with Crippen molar-refractivity contribution in [2.45, 2.75) is 18.2 Å². The zero-order valence-corrected chi connectivity index (χ0v) is 17.2. The molecule has 2 heterocycles. The number of fused-ring (bicyclic) bond motifs is 1. The highest BCUT2D eigenvalue weighted by molar-refractivity contribution is 7.89. The van der Waals surface area contributed by atoms with E-state index in [2.05, 4.69) is 42.4 Å². The van der Waals surface area contributed by atoms with E-state index in [1.54, 1.807) is 6.07 Å². The maximum atomic E-state index is 12.2. The van der Waals surface area contributed by atoms with Crippen LogP contribution in [-0.2, 0) is 16.4 Å². The van der Waals surface area contributed by atoms with Crippen LogP contribution >= 0.6 is 0 Å². The Morgan fingerprint density at radius 2 is 2.00 bits per heavy atom. The first kappa shape index (κ1) is 20.8. The minimum atomic E-state index is -3.56. The summed E-state index contributed by atoms with van der Waals surface area (Å²) in [5.41, 5.74) is 2.37. The molecule has 0 amide bonds. The van der Waals surface area contributed by atoms with E-state index < -0.39 is 10.0 Å². The molecule has 2 aromatic heterocycles. The van der Waals surface area contributed by atoms with Gasteiger partial charge in [0.1, 0.15) is 4.90 Å². The molecule has 0 spiro atoms. The number of H-pyrrole nitrogens is 1. The van der Waals surface area contributed by atoms with Crippen LogP contribution in [0.4, 0.5) is 0 Å². The van der Waals surface area contributed by atoms with Crippen molar-refractivity contribution in [3.05, 3.63) is 60.6 Å². The van der Waals surface area contributed by atoms with Gasteiger partial charge in [0.15, 0.2) is 5.96 Å². The first-order chi connectivity index (χ1) is 14.1. The second-order valence-electron chi connectivity index (χ2n) is 6.38. The number of hydrogen-bond donors (Lipinski definition) is 4. The molecule has 29 heavy (non-hydrogen) atoms. The molecule has 0 saturated heterocycles. The fourth-order valence-electron chi connectivity index (χ4n) is 2.93. The van der Waals surface area contributed by atoms with Crippen LogP contribution in [0.1, 0.15) is 12.5 Å². The summed E-state index contributed by atoms with van der Waals surface area (Å²) in [6.45, 7) is 3.95. The number of para-hydroxylation sites is 1. The number of rotatable bonds is 9. The molecule has 0 aliphatic rings. The minimum absolute atomic E-state index is 0.146. The standard InChI is InChI=1S/C20H26N6O2S/c1-2-22-20(23-11-9-16-14-25-19-8-4-3-7-18(16)19)24-12-13-26-29(27,28)17-6-5-10-21-15-17/h3-8,10,14-15,25-26H,2,9,11-13H2,1H3,(H2,22,23,24). The van der Waals surface area contributed by atoms with Crippen LogP contribution in [0, 0.1) is 0 Å². The third-order valence-electron chi connectivity index (χ3n) is 4.32. The Labute approximate surface area is 170 Å². The van der Waals surface area contributed by atoms with Crippen LogP contribution < -0.4 is 15.4 Å². The second kappa shape index (κ2) is 10.0. The highest BCUT2D eigenvalue weighted by Gasteiger charge is 2.12. The molecule has 0 atom stereocenters. The number of hydrogen-bond acceptors (Lipinski definition) is 4. The average Bonchev–Trinajstić information content (AvgIpc) is 3.15. The summed E-state index contributed by atoms with van der Waals surface area (Å²) in [5.74, 6) is 0.660. The number of sulfonamides is 1. The van der Waals surface area contributed by atoms with E-state index in [0.717, 1.165) is 25.0 Å². The van der Waals surface area contributed by atoms with Gasteiger partial charge in [-0.25, -0.2) is 13.1 Å². The van der Waals surface area contributed by atoms with E-state index in [1.165, 1.54) is 29.4 Å². The molecular weight excluding hydrogens is 388 g/mol. The zero-order valence-electron chi connectivity index (χ0n) is 16.4. The van der Waals surface area contributed by atoms with Crippen molar-refractivity contribution in [3.8, 4) is 0 Å². The smallest absolute Gasteiger partial charge is 0.242 e. The van der Waals surface area contributed by atoms with Crippen molar-refractivity contribution in [1.82, 2.24) is 25.3 Å². The SMILES string of the molecule is CCNC(=NCCNS(=O)(=O)c1cccnc1)NCCc1c[nH]c2ccccc12. The number of aliphatic imine (C=N–C) groups is 1. The summed E-state index contributed by atoms with van der Waals surface area (Å²) in [6.07, 6.45) is 5.74. The lowest BCUT2D eigenvalue weighted by Crippen LogP contribution is -2.39. The van der Waals surface area contributed by atoms with Gasteiger partial charge in [-0.2, -0.15) is 0 Å². The lowest BCUT2D eigenvalue weighted by Gasteiger charge is -2.11. The topological polar surface area (TPSA) is 111 Å². The summed E-state index contributed by atoms with van der Waals surface area (Å²) < 4.78 is 26.9. The number of guanidine groups is 1. The lowest BCUT2D eigenvalue weighted by molar-refractivity contribution is 0.581. The molecule has 1 aromatic carbocycles. The predicted octanol–water partition coefficient (Wildman–Crippen LogP) is 1.64. The van der Waals surface area contributed by atoms with Gasteiger partial charge in [-0.15, -0.1) is 0 Å². The van der Waals surface area contributed by atoms with E-state index in [9.17, 15) is 8.42 Å².